The van der Waals surface area contributed by atoms with Crippen molar-refractivity contribution >= 4 is 29.3 Å². The van der Waals surface area contributed by atoms with Gasteiger partial charge < -0.3 is 10.6 Å². The van der Waals surface area contributed by atoms with Gasteiger partial charge in [0.05, 0.1) is 11.4 Å². The number of para-hydroxylation sites is 1. The Hall–Kier alpha value is -2.28. The van der Waals surface area contributed by atoms with Crippen molar-refractivity contribution in [1.29, 1.82) is 0 Å². The third-order valence-corrected chi connectivity index (χ3v) is 5.93. The van der Waals surface area contributed by atoms with E-state index >= 15 is 0 Å². The molecule has 0 saturated heterocycles. The number of aromatic nitrogens is 2. The number of amides is 2. The number of hydrogen-bond donors (Lipinski definition) is 2. The quantitative estimate of drug-likeness (QED) is 0.824. The lowest BCUT2D eigenvalue weighted by Gasteiger charge is -2.31. The average Bonchev–Trinajstić information content (AvgIpc) is 2.87. The van der Waals surface area contributed by atoms with Gasteiger partial charge in [0.25, 0.3) is 0 Å². The van der Waals surface area contributed by atoms with Crippen LogP contribution in [0.25, 0.3) is 0 Å². The Morgan fingerprint density at radius 1 is 1.36 bits per heavy atom. The summed E-state index contributed by atoms with van der Waals surface area (Å²) >= 11 is 1.28. The van der Waals surface area contributed by atoms with Crippen LogP contribution in [0.2, 0.25) is 0 Å². The van der Waals surface area contributed by atoms with Crippen LogP contribution in [0.5, 0.6) is 0 Å². The summed E-state index contributed by atoms with van der Waals surface area (Å²) in [6, 6.07) is 7.50. The second-order valence-corrected chi connectivity index (χ2v) is 7.69. The molecule has 1 atom stereocenters. The first-order valence-corrected chi connectivity index (χ1v) is 9.09. The van der Waals surface area contributed by atoms with Gasteiger partial charge in [-0.3, -0.25) is 14.3 Å². The van der Waals surface area contributed by atoms with Crippen molar-refractivity contribution in [2.45, 2.75) is 50.4 Å². The van der Waals surface area contributed by atoms with E-state index in [0.717, 1.165) is 34.1 Å². The van der Waals surface area contributed by atoms with Crippen molar-refractivity contribution in [3.63, 3.8) is 0 Å². The zero-order valence-electron chi connectivity index (χ0n) is 14.8. The molecule has 0 radical (unpaired) electrons. The molecule has 0 fully saturated rings. The summed E-state index contributed by atoms with van der Waals surface area (Å²) in [5, 5.41) is 10.2. The molecule has 0 bridgehead atoms. The second-order valence-electron chi connectivity index (χ2n) is 6.23. The van der Waals surface area contributed by atoms with Crippen molar-refractivity contribution < 1.29 is 9.59 Å². The smallest absolute Gasteiger partial charge is 0.250 e. The van der Waals surface area contributed by atoms with Gasteiger partial charge in [-0.25, -0.2) is 0 Å². The molecular formula is C18H22N4O2S. The summed E-state index contributed by atoms with van der Waals surface area (Å²) in [7, 11) is 0. The van der Waals surface area contributed by atoms with Gasteiger partial charge in [-0.05, 0) is 39.8 Å². The number of hydrogen-bond acceptors (Lipinski definition) is 4. The Labute approximate surface area is 151 Å². The monoisotopic (exact) mass is 358 g/mol. The van der Waals surface area contributed by atoms with E-state index in [-0.39, 0.29) is 11.8 Å². The third-order valence-electron chi connectivity index (χ3n) is 4.57. The van der Waals surface area contributed by atoms with Gasteiger partial charge in [0.15, 0.2) is 4.75 Å². The number of nitrogens with zero attached hydrogens (tertiary/aromatic N) is 2. The molecule has 2 aromatic rings. The molecule has 132 valence electrons. The minimum absolute atomic E-state index is 0.299. The minimum Gasteiger partial charge on any atom is -0.350 e. The average molecular weight is 358 g/mol. The summed E-state index contributed by atoms with van der Waals surface area (Å²) in [5.41, 5.74) is 3.69. The number of carbonyl (C=O) groups is 2. The highest BCUT2D eigenvalue weighted by atomic mass is 32.2. The second kappa shape index (κ2) is 6.55. The number of benzene rings is 1. The molecule has 7 heteroatoms. The van der Waals surface area contributed by atoms with Crippen LogP contribution in [-0.2, 0) is 22.7 Å². The highest BCUT2D eigenvalue weighted by Crippen LogP contribution is 2.42. The van der Waals surface area contributed by atoms with Crippen LogP contribution >= 0.6 is 11.8 Å². The number of carbonyl (C=O) groups excluding carboxylic acids is 2. The Balaban J connectivity index is 1.77. The van der Waals surface area contributed by atoms with Gasteiger partial charge in [-0.1, -0.05) is 23.9 Å². The van der Waals surface area contributed by atoms with E-state index in [2.05, 4.69) is 15.7 Å². The first kappa shape index (κ1) is 17.5. The third kappa shape index (κ3) is 3.04. The highest BCUT2D eigenvalue weighted by Gasteiger charge is 2.45. The van der Waals surface area contributed by atoms with Crippen molar-refractivity contribution in [1.82, 2.24) is 15.1 Å². The predicted molar refractivity (Wildman–Crippen MR) is 98.6 cm³/mol. The largest absolute Gasteiger partial charge is 0.350 e. The van der Waals surface area contributed by atoms with Crippen LogP contribution in [0, 0.1) is 13.8 Å². The molecule has 2 amide bonds. The van der Waals surface area contributed by atoms with E-state index < -0.39 is 4.75 Å². The number of aryl methyl sites for hydroxylation is 2. The van der Waals surface area contributed by atoms with E-state index in [1.54, 1.807) is 6.92 Å². The number of rotatable bonds is 4. The van der Waals surface area contributed by atoms with Crippen LogP contribution in [0.1, 0.15) is 30.8 Å². The lowest BCUT2D eigenvalue weighted by atomic mass is 10.1. The summed E-state index contributed by atoms with van der Waals surface area (Å²) in [4.78, 5) is 26.2. The van der Waals surface area contributed by atoms with Crippen LogP contribution in [0.3, 0.4) is 0 Å². The van der Waals surface area contributed by atoms with Crippen molar-refractivity contribution in [2.75, 3.05) is 5.32 Å². The van der Waals surface area contributed by atoms with Gasteiger partial charge in [-0.2, -0.15) is 5.10 Å². The maximum Gasteiger partial charge on any atom is 0.250 e. The number of fused-ring (bicyclic) bond motifs is 1. The summed E-state index contributed by atoms with van der Waals surface area (Å²) < 4.78 is 0.716. The molecule has 3 rings (SSSR count). The van der Waals surface area contributed by atoms with Crippen molar-refractivity contribution in [3.8, 4) is 0 Å². The molecule has 1 aromatic heterocycles. The lowest BCUT2D eigenvalue weighted by molar-refractivity contribution is -0.130. The first-order valence-electron chi connectivity index (χ1n) is 8.27. The van der Waals surface area contributed by atoms with Crippen LogP contribution < -0.4 is 10.6 Å². The van der Waals surface area contributed by atoms with E-state index in [1.165, 1.54) is 11.8 Å². The molecule has 0 saturated carbocycles. The van der Waals surface area contributed by atoms with E-state index in [4.69, 9.17) is 0 Å². The highest BCUT2D eigenvalue weighted by molar-refractivity contribution is 8.02. The van der Waals surface area contributed by atoms with E-state index in [0.29, 0.717) is 6.54 Å². The molecule has 1 aliphatic rings. The fourth-order valence-corrected chi connectivity index (χ4v) is 4.08. The summed E-state index contributed by atoms with van der Waals surface area (Å²) in [6.45, 7) is 8.76. The molecule has 2 N–H and O–H groups in total. The predicted octanol–water partition coefficient (Wildman–Crippen LogP) is 2.64. The van der Waals surface area contributed by atoms with Crippen LogP contribution in [0.15, 0.2) is 29.2 Å². The van der Waals surface area contributed by atoms with Gasteiger partial charge >= 0.3 is 0 Å². The zero-order valence-corrected chi connectivity index (χ0v) is 15.7. The maximum atomic E-state index is 12.8. The van der Waals surface area contributed by atoms with Crippen molar-refractivity contribution in [2.24, 2.45) is 0 Å². The normalized spacial score (nSPS) is 19.3. The van der Waals surface area contributed by atoms with E-state index in [9.17, 15) is 9.59 Å². The van der Waals surface area contributed by atoms with Gasteiger partial charge in [0.1, 0.15) is 0 Å². The molecule has 6 nitrogen and oxygen atoms in total. The summed E-state index contributed by atoms with van der Waals surface area (Å²) in [5.74, 6) is -0.598. The number of nitrogens with one attached hydrogen (secondary N) is 2. The Kier molecular flexibility index (Phi) is 4.60. The topological polar surface area (TPSA) is 76.0 Å². The fourth-order valence-electron chi connectivity index (χ4n) is 2.95. The zero-order chi connectivity index (χ0) is 18.2. The number of thioether (sulfide) groups is 1. The number of anilines is 1. The maximum absolute atomic E-state index is 12.8. The van der Waals surface area contributed by atoms with Gasteiger partial charge in [0.2, 0.25) is 11.8 Å². The molecule has 25 heavy (non-hydrogen) atoms. The van der Waals surface area contributed by atoms with Gasteiger partial charge in [-0.15, -0.1) is 0 Å². The molecule has 1 unspecified atom stereocenters. The van der Waals surface area contributed by atoms with Crippen molar-refractivity contribution in [3.05, 3.63) is 41.2 Å². The molecule has 1 aliphatic heterocycles. The molecule has 0 spiro atoms. The minimum atomic E-state index is -1.20. The van der Waals surface area contributed by atoms with E-state index in [1.807, 2.05) is 49.7 Å². The lowest BCUT2D eigenvalue weighted by Crippen LogP contribution is -2.51. The molecule has 1 aromatic carbocycles. The molecule has 2 heterocycles. The van der Waals surface area contributed by atoms with Crippen LogP contribution in [0.4, 0.5) is 5.69 Å². The standard InChI is InChI=1S/C18H22N4O2S/c1-5-22-12(3)13(11(2)21-22)10-19-16(23)18(4)17(24)20-14-8-6-7-9-15(14)25-18/h6-9H,5,10H2,1-4H3,(H,19,23)(H,20,24). The fraction of sp³-hybridized carbons (Fsp3) is 0.389. The van der Waals surface area contributed by atoms with Crippen LogP contribution in [-0.4, -0.2) is 26.3 Å². The Morgan fingerprint density at radius 2 is 2.08 bits per heavy atom. The SMILES string of the molecule is CCn1nc(C)c(CNC(=O)C2(C)Sc3ccccc3NC2=O)c1C. The van der Waals surface area contributed by atoms with Gasteiger partial charge in [0, 0.05) is 29.2 Å². The first-order chi connectivity index (χ1) is 11.9. The molecular weight excluding hydrogens is 336 g/mol. The molecule has 0 aliphatic carbocycles. The Morgan fingerprint density at radius 3 is 2.76 bits per heavy atom. The summed E-state index contributed by atoms with van der Waals surface area (Å²) in [6.07, 6.45) is 0. The Bertz CT molecular complexity index is 846.